The molecular weight excluding hydrogens is 356 g/mol. The lowest BCUT2D eigenvalue weighted by Gasteiger charge is -2.61. The van der Waals surface area contributed by atoms with E-state index in [4.69, 9.17) is 0 Å². The van der Waals surface area contributed by atoms with Gasteiger partial charge in [0.2, 0.25) is 0 Å². The summed E-state index contributed by atoms with van der Waals surface area (Å²) in [7, 11) is 0. The first-order valence-electron chi connectivity index (χ1n) is 11.8. The van der Waals surface area contributed by atoms with Crippen LogP contribution in [0.4, 0.5) is 0 Å². The van der Waals surface area contributed by atoms with E-state index in [1.165, 1.54) is 25.7 Å². The normalized spacial score (nSPS) is 48.6. The lowest BCUT2D eigenvalue weighted by atomic mass is 9.44. The van der Waals surface area contributed by atoms with Crippen LogP contribution in [-0.4, -0.2) is 21.9 Å². The molecule has 29 heavy (non-hydrogen) atoms. The van der Waals surface area contributed by atoms with Gasteiger partial charge in [0.05, 0.1) is 6.10 Å². The molecule has 0 aliphatic heterocycles. The highest BCUT2D eigenvalue weighted by Crippen LogP contribution is 2.68. The van der Waals surface area contributed by atoms with Crippen LogP contribution in [0.2, 0.25) is 0 Å². The van der Waals surface area contributed by atoms with Crippen LogP contribution in [-0.2, 0) is 0 Å². The van der Waals surface area contributed by atoms with Crippen LogP contribution in [0, 0.1) is 46.3 Å². The topological polar surface area (TPSA) is 40.5 Å². The minimum Gasteiger partial charge on any atom is -0.393 e. The molecule has 0 amide bonds. The Labute approximate surface area is 176 Å². The van der Waals surface area contributed by atoms with Gasteiger partial charge in [0, 0.05) is 11.0 Å². The molecule has 4 saturated carbocycles. The Kier molecular flexibility index (Phi) is 4.65. The van der Waals surface area contributed by atoms with Crippen LogP contribution in [0.15, 0.2) is 30.3 Å². The summed E-state index contributed by atoms with van der Waals surface area (Å²) in [6.45, 7) is 4.86. The van der Waals surface area contributed by atoms with Gasteiger partial charge in [-0.25, -0.2) is 0 Å². The monoisotopic (exact) mass is 392 g/mol. The molecule has 4 aliphatic rings. The molecular formula is C27H36O2. The van der Waals surface area contributed by atoms with Crippen LogP contribution in [0.3, 0.4) is 0 Å². The number of aliphatic hydroxyl groups excluding tert-OH is 1. The van der Waals surface area contributed by atoms with E-state index in [9.17, 15) is 10.2 Å². The van der Waals surface area contributed by atoms with E-state index in [2.05, 4.69) is 25.7 Å². The van der Waals surface area contributed by atoms with E-state index in [1.54, 1.807) is 0 Å². The van der Waals surface area contributed by atoms with E-state index < -0.39 is 5.60 Å². The van der Waals surface area contributed by atoms with Gasteiger partial charge in [-0.1, -0.05) is 43.9 Å². The summed E-state index contributed by atoms with van der Waals surface area (Å²) in [5.74, 6) is 9.40. The third-order valence-electron chi connectivity index (χ3n) is 9.98. The highest BCUT2D eigenvalue weighted by molar-refractivity contribution is 5.38. The summed E-state index contributed by atoms with van der Waals surface area (Å²) >= 11 is 0. The maximum absolute atomic E-state index is 11.7. The third kappa shape index (κ3) is 2.92. The third-order valence-corrected chi connectivity index (χ3v) is 9.98. The first-order valence-corrected chi connectivity index (χ1v) is 11.8. The predicted molar refractivity (Wildman–Crippen MR) is 116 cm³/mol. The lowest BCUT2D eigenvalue weighted by molar-refractivity contribution is -0.144. The van der Waals surface area contributed by atoms with Crippen molar-refractivity contribution >= 4 is 0 Å². The van der Waals surface area contributed by atoms with Crippen molar-refractivity contribution in [1.82, 2.24) is 0 Å². The smallest absolute Gasteiger partial charge is 0.131 e. The Morgan fingerprint density at radius 2 is 1.66 bits per heavy atom. The van der Waals surface area contributed by atoms with Crippen molar-refractivity contribution in [3.8, 4) is 11.8 Å². The fourth-order valence-corrected chi connectivity index (χ4v) is 8.15. The number of hydrogen-bond donors (Lipinski definition) is 2. The van der Waals surface area contributed by atoms with Crippen molar-refractivity contribution in [3.63, 3.8) is 0 Å². The first-order chi connectivity index (χ1) is 13.9. The summed E-state index contributed by atoms with van der Waals surface area (Å²) < 4.78 is 0. The Bertz CT molecular complexity index is 822. The van der Waals surface area contributed by atoms with Gasteiger partial charge in [0.1, 0.15) is 5.60 Å². The fourth-order valence-electron chi connectivity index (χ4n) is 8.15. The molecule has 1 aromatic rings. The maximum atomic E-state index is 11.7. The van der Waals surface area contributed by atoms with Crippen molar-refractivity contribution in [2.24, 2.45) is 34.5 Å². The first kappa shape index (κ1) is 19.7. The second-order valence-electron chi connectivity index (χ2n) is 11.1. The molecule has 5 rings (SSSR count). The molecule has 0 heterocycles. The molecule has 0 unspecified atom stereocenters. The van der Waals surface area contributed by atoms with E-state index in [0.29, 0.717) is 17.3 Å². The number of hydrogen-bond acceptors (Lipinski definition) is 2. The number of aliphatic hydroxyl groups is 2. The van der Waals surface area contributed by atoms with Crippen molar-refractivity contribution < 1.29 is 10.2 Å². The summed E-state index contributed by atoms with van der Waals surface area (Å²) in [4.78, 5) is 0. The molecule has 0 spiro atoms. The quantitative estimate of drug-likeness (QED) is 0.598. The minimum atomic E-state index is -0.862. The Balaban J connectivity index is 1.42. The van der Waals surface area contributed by atoms with Gasteiger partial charge in [-0.3, -0.25) is 0 Å². The van der Waals surface area contributed by atoms with Gasteiger partial charge >= 0.3 is 0 Å². The second kappa shape index (κ2) is 6.86. The maximum Gasteiger partial charge on any atom is 0.131 e. The highest BCUT2D eigenvalue weighted by Gasteiger charge is 2.64. The van der Waals surface area contributed by atoms with Gasteiger partial charge < -0.3 is 10.2 Å². The molecule has 4 aliphatic carbocycles. The summed E-state index contributed by atoms with van der Waals surface area (Å²) in [5.41, 5.74) is 0.433. The SMILES string of the molecule is C[C@]12CC[C@H](O)C[C@@H]1CC[C@@H]1[C@@H]2CC[C@@]2(C)[C@H]1CC[C@@]2(O)C#Cc1ccccc1. The summed E-state index contributed by atoms with van der Waals surface area (Å²) in [6, 6.07) is 10.1. The van der Waals surface area contributed by atoms with Gasteiger partial charge in [0.25, 0.3) is 0 Å². The van der Waals surface area contributed by atoms with E-state index in [-0.39, 0.29) is 11.5 Å². The predicted octanol–water partition coefficient (Wildman–Crippen LogP) is 5.17. The van der Waals surface area contributed by atoms with Crippen molar-refractivity contribution in [2.45, 2.75) is 83.3 Å². The largest absolute Gasteiger partial charge is 0.393 e. The second-order valence-corrected chi connectivity index (χ2v) is 11.1. The van der Waals surface area contributed by atoms with Crippen LogP contribution >= 0.6 is 0 Å². The van der Waals surface area contributed by atoms with Gasteiger partial charge in [-0.2, -0.15) is 0 Å². The van der Waals surface area contributed by atoms with Crippen molar-refractivity contribution in [2.75, 3.05) is 0 Å². The Morgan fingerprint density at radius 1 is 0.897 bits per heavy atom. The van der Waals surface area contributed by atoms with Crippen LogP contribution in [0.25, 0.3) is 0 Å². The van der Waals surface area contributed by atoms with Gasteiger partial charge in [-0.05, 0) is 99.0 Å². The molecule has 1 aromatic carbocycles. The standard InChI is InChI=1S/C27H36O2/c1-25-14-11-21(28)18-20(25)8-9-22-23(25)12-15-26(2)24(22)13-17-27(26,29)16-10-19-6-4-3-5-7-19/h3-7,20-24,28-29H,8-9,11-15,17-18H2,1-2H3/t20-,21-,22+,23-,24-,25-,26-,27-/m0/s1. The zero-order chi connectivity index (χ0) is 20.3. The van der Waals surface area contributed by atoms with E-state index in [0.717, 1.165) is 49.5 Å². The average Bonchev–Trinajstić information content (AvgIpc) is 2.99. The summed E-state index contributed by atoms with van der Waals surface area (Å²) in [6.07, 6.45) is 9.86. The van der Waals surface area contributed by atoms with E-state index >= 15 is 0 Å². The zero-order valence-corrected chi connectivity index (χ0v) is 18.0. The van der Waals surface area contributed by atoms with Crippen molar-refractivity contribution in [1.29, 1.82) is 0 Å². The molecule has 0 saturated heterocycles. The molecule has 2 nitrogen and oxygen atoms in total. The fraction of sp³-hybridized carbons (Fsp3) is 0.704. The zero-order valence-electron chi connectivity index (χ0n) is 18.0. The van der Waals surface area contributed by atoms with Gasteiger partial charge in [0.15, 0.2) is 0 Å². The molecule has 8 atom stereocenters. The Morgan fingerprint density at radius 3 is 2.45 bits per heavy atom. The number of benzene rings is 1. The molecule has 2 heteroatoms. The molecule has 2 N–H and O–H groups in total. The van der Waals surface area contributed by atoms with E-state index in [1.807, 2.05) is 30.3 Å². The molecule has 0 bridgehead atoms. The van der Waals surface area contributed by atoms with Crippen LogP contribution in [0.5, 0.6) is 0 Å². The molecule has 156 valence electrons. The van der Waals surface area contributed by atoms with Gasteiger partial charge in [-0.15, -0.1) is 0 Å². The molecule has 4 fully saturated rings. The number of rotatable bonds is 0. The van der Waals surface area contributed by atoms with Crippen LogP contribution in [0.1, 0.15) is 77.2 Å². The molecule has 0 aromatic heterocycles. The Hall–Kier alpha value is -1.30. The van der Waals surface area contributed by atoms with Crippen LogP contribution < -0.4 is 0 Å². The molecule has 0 radical (unpaired) electrons. The summed E-state index contributed by atoms with van der Waals surface area (Å²) in [5, 5.41) is 21.9. The number of fused-ring (bicyclic) bond motifs is 5. The minimum absolute atomic E-state index is 0.0803. The van der Waals surface area contributed by atoms with Crippen molar-refractivity contribution in [3.05, 3.63) is 35.9 Å². The average molecular weight is 393 g/mol. The lowest BCUT2D eigenvalue weighted by Crippen LogP contribution is -2.56. The highest BCUT2D eigenvalue weighted by atomic mass is 16.3.